The number of aromatic nitrogens is 1. The van der Waals surface area contributed by atoms with Crippen molar-refractivity contribution in [1.29, 1.82) is 0 Å². The van der Waals surface area contributed by atoms with Crippen LogP contribution in [-0.4, -0.2) is 36.2 Å². The van der Waals surface area contributed by atoms with E-state index >= 15 is 0 Å². The highest BCUT2D eigenvalue weighted by molar-refractivity contribution is 5.60. The summed E-state index contributed by atoms with van der Waals surface area (Å²) >= 11 is 0. The van der Waals surface area contributed by atoms with E-state index in [0.717, 1.165) is 13.0 Å². The van der Waals surface area contributed by atoms with Crippen LogP contribution in [0.2, 0.25) is 0 Å². The van der Waals surface area contributed by atoms with E-state index in [2.05, 4.69) is 15.6 Å². The van der Waals surface area contributed by atoms with Gasteiger partial charge in [0.25, 0.3) is 0 Å². The number of nitrogens with one attached hydrogen (secondary N) is 2. The van der Waals surface area contributed by atoms with E-state index in [1.807, 2.05) is 6.92 Å². The molecule has 7 nitrogen and oxygen atoms in total. The van der Waals surface area contributed by atoms with E-state index in [1.54, 1.807) is 13.1 Å². The van der Waals surface area contributed by atoms with E-state index in [1.165, 1.54) is 6.07 Å². The maximum absolute atomic E-state index is 11.0. The minimum atomic E-state index is -0.427. The third-order valence-electron chi connectivity index (χ3n) is 3.39. The summed E-state index contributed by atoms with van der Waals surface area (Å²) in [6, 6.07) is 3.04. The first-order valence-corrected chi connectivity index (χ1v) is 6.30. The third-order valence-corrected chi connectivity index (χ3v) is 3.39. The molecule has 0 spiro atoms. The average Bonchev–Trinajstić information content (AvgIpc) is 2.81. The van der Waals surface area contributed by atoms with Crippen molar-refractivity contribution >= 4 is 17.3 Å². The Kier molecular flexibility index (Phi) is 4.16. The molecule has 0 bridgehead atoms. The second-order valence-corrected chi connectivity index (χ2v) is 4.58. The lowest BCUT2D eigenvalue weighted by molar-refractivity contribution is -0.384. The van der Waals surface area contributed by atoms with Gasteiger partial charge in [0.1, 0.15) is 5.82 Å². The molecule has 0 aromatic carbocycles. The van der Waals surface area contributed by atoms with Gasteiger partial charge in [-0.15, -0.1) is 0 Å². The number of pyridine rings is 1. The number of nitro groups is 1. The summed E-state index contributed by atoms with van der Waals surface area (Å²) in [5, 5.41) is 16.9. The van der Waals surface area contributed by atoms with Gasteiger partial charge >= 0.3 is 5.69 Å². The SMILES string of the molecule is CNc1ccc([N+](=O)[O-])c(NCC2CCOC2C)n1. The first-order chi connectivity index (χ1) is 9.11. The molecule has 0 amide bonds. The fourth-order valence-electron chi connectivity index (χ4n) is 2.14. The van der Waals surface area contributed by atoms with E-state index in [9.17, 15) is 10.1 Å². The Morgan fingerprint density at radius 1 is 1.58 bits per heavy atom. The lowest BCUT2D eigenvalue weighted by atomic mass is 10.0. The number of rotatable bonds is 5. The Hall–Kier alpha value is -1.89. The highest BCUT2D eigenvalue weighted by atomic mass is 16.6. The van der Waals surface area contributed by atoms with E-state index < -0.39 is 4.92 Å². The van der Waals surface area contributed by atoms with E-state index in [4.69, 9.17) is 4.74 Å². The lowest BCUT2D eigenvalue weighted by Crippen LogP contribution is -2.21. The van der Waals surface area contributed by atoms with Crippen LogP contribution in [0.4, 0.5) is 17.3 Å². The van der Waals surface area contributed by atoms with Crippen molar-refractivity contribution in [3.8, 4) is 0 Å². The molecule has 19 heavy (non-hydrogen) atoms. The van der Waals surface area contributed by atoms with Crippen LogP contribution in [0.15, 0.2) is 12.1 Å². The molecule has 1 saturated heterocycles. The molecule has 1 aliphatic rings. The maximum Gasteiger partial charge on any atom is 0.311 e. The lowest BCUT2D eigenvalue weighted by Gasteiger charge is -2.15. The average molecular weight is 266 g/mol. The molecule has 0 aliphatic carbocycles. The van der Waals surface area contributed by atoms with Crippen molar-refractivity contribution in [2.75, 3.05) is 30.8 Å². The first-order valence-electron chi connectivity index (χ1n) is 6.30. The Morgan fingerprint density at radius 2 is 2.37 bits per heavy atom. The summed E-state index contributed by atoms with van der Waals surface area (Å²) in [5.74, 6) is 1.26. The number of hydrogen-bond acceptors (Lipinski definition) is 6. The summed E-state index contributed by atoms with van der Waals surface area (Å²) in [6.07, 6.45) is 1.15. The predicted octanol–water partition coefficient (Wildman–Crippen LogP) is 1.87. The molecule has 0 saturated carbocycles. The molecular weight excluding hydrogens is 248 g/mol. The number of anilines is 2. The van der Waals surface area contributed by atoms with Gasteiger partial charge in [-0.2, -0.15) is 0 Å². The summed E-state index contributed by atoms with van der Waals surface area (Å²) < 4.78 is 5.47. The smallest absolute Gasteiger partial charge is 0.311 e. The van der Waals surface area contributed by atoms with Gasteiger partial charge in [-0.05, 0) is 19.4 Å². The Bertz CT molecular complexity index is 466. The molecule has 2 unspecified atom stereocenters. The minimum absolute atomic E-state index is 0.00873. The molecule has 1 fully saturated rings. The standard InChI is InChI=1S/C12H18N4O3/c1-8-9(5-6-19-8)7-14-12-10(16(17)18)3-4-11(13-2)15-12/h3-4,8-9H,5-7H2,1-2H3,(H2,13,14,15). The second-order valence-electron chi connectivity index (χ2n) is 4.58. The van der Waals surface area contributed by atoms with Gasteiger partial charge in [-0.3, -0.25) is 10.1 Å². The molecule has 1 aromatic heterocycles. The van der Waals surface area contributed by atoms with Crippen molar-refractivity contribution in [2.24, 2.45) is 5.92 Å². The fourth-order valence-corrected chi connectivity index (χ4v) is 2.14. The van der Waals surface area contributed by atoms with Gasteiger partial charge in [-0.1, -0.05) is 0 Å². The molecule has 2 N–H and O–H groups in total. The topological polar surface area (TPSA) is 89.3 Å². The molecule has 2 rings (SSSR count). The van der Waals surface area contributed by atoms with Crippen LogP contribution in [0.25, 0.3) is 0 Å². The second kappa shape index (κ2) is 5.83. The number of nitrogens with zero attached hydrogens (tertiary/aromatic N) is 2. The Balaban J connectivity index is 2.10. The summed E-state index contributed by atoms with van der Waals surface area (Å²) in [5.41, 5.74) is -0.00873. The van der Waals surface area contributed by atoms with Crippen molar-refractivity contribution < 1.29 is 9.66 Å². The van der Waals surface area contributed by atoms with Crippen molar-refractivity contribution in [3.05, 3.63) is 22.2 Å². The highest BCUT2D eigenvalue weighted by Gasteiger charge is 2.25. The molecular formula is C12H18N4O3. The zero-order chi connectivity index (χ0) is 13.8. The number of ether oxygens (including phenoxy) is 1. The highest BCUT2D eigenvalue weighted by Crippen LogP contribution is 2.26. The molecule has 1 aromatic rings. The van der Waals surface area contributed by atoms with E-state index in [-0.39, 0.29) is 11.8 Å². The van der Waals surface area contributed by atoms with Crippen molar-refractivity contribution in [2.45, 2.75) is 19.4 Å². The van der Waals surface area contributed by atoms with Crippen LogP contribution in [0, 0.1) is 16.0 Å². The van der Waals surface area contributed by atoms with Crippen LogP contribution in [-0.2, 0) is 4.74 Å². The van der Waals surface area contributed by atoms with Crippen molar-refractivity contribution in [1.82, 2.24) is 4.98 Å². The van der Waals surface area contributed by atoms with Gasteiger partial charge < -0.3 is 15.4 Å². The monoisotopic (exact) mass is 266 g/mol. The molecule has 2 atom stereocenters. The van der Waals surface area contributed by atoms with Gasteiger partial charge in [0.05, 0.1) is 11.0 Å². The Labute approximate surface area is 111 Å². The fraction of sp³-hybridized carbons (Fsp3) is 0.583. The molecule has 7 heteroatoms. The van der Waals surface area contributed by atoms with Crippen LogP contribution >= 0.6 is 0 Å². The summed E-state index contributed by atoms with van der Waals surface area (Å²) in [7, 11) is 1.73. The Morgan fingerprint density at radius 3 is 2.95 bits per heavy atom. The van der Waals surface area contributed by atoms with Crippen LogP contribution in [0.1, 0.15) is 13.3 Å². The zero-order valence-electron chi connectivity index (χ0n) is 11.0. The minimum Gasteiger partial charge on any atom is -0.378 e. The summed E-state index contributed by atoms with van der Waals surface area (Å²) in [4.78, 5) is 14.7. The van der Waals surface area contributed by atoms with Crippen LogP contribution in [0.5, 0.6) is 0 Å². The normalized spacial score (nSPS) is 22.2. The van der Waals surface area contributed by atoms with Crippen LogP contribution in [0.3, 0.4) is 0 Å². The molecule has 1 aliphatic heterocycles. The first kappa shape index (κ1) is 13.5. The molecule has 2 heterocycles. The van der Waals surface area contributed by atoms with Gasteiger partial charge in [0.2, 0.25) is 5.82 Å². The third kappa shape index (κ3) is 3.11. The largest absolute Gasteiger partial charge is 0.378 e. The van der Waals surface area contributed by atoms with Gasteiger partial charge in [-0.25, -0.2) is 4.98 Å². The maximum atomic E-state index is 11.0. The number of hydrogen-bond donors (Lipinski definition) is 2. The van der Waals surface area contributed by atoms with Gasteiger partial charge in [0.15, 0.2) is 0 Å². The van der Waals surface area contributed by atoms with E-state index in [0.29, 0.717) is 24.1 Å². The van der Waals surface area contributed by atoms with Gasteiger partial charge in [0, 0.05) is 32.2 Å². The van der Waals surface area contributed by atoms with Crippen LogP contribution < -0.4 is 10.6 Å². The van der Waals surface area contributed by atoms with Crippen molar-refractivity contribution in [3.63, 3.8) is 0 Å². The molecule has 0 radical (unpaired) electrons. The quantitative estimate of drug-likeness (QED) is 0.624. The molecule has 104 valence electrons. The summed E-state index contributed by atoms with van der Waals surface area (Å²) in [6.45, 7) is 3.40. The predicted molar refractivity (Wildman–Crippen MR) is 72.4 cm³/mol. The zero-order valence-corrected chi connectivity index (χ0v) is 11.0.